The summed E-state index contributed by atoms with van der Waals surface area (Å²) >= 11 is 2.82. The van der Waals surface area contributed by atoms with Gasteiger partial charge in [-0.1, -0.05) is 16.9 Å². The molecule has 0 bridgehead atoms. The topological polar surface area (TPSA) is 264 Å². The summed E-state index contributed by atoms with van der Waals surface area (Å²) in [6.07, 6.45) is -1.77. The van der Waals surface area contributed by atoms with Gasteiger partial charge in [0.25, 0.3) is 21.9 Å². The SMILES string of the molecule is CNc1nc(/C(=N/OC)C(=O)N[C@@H]2C(=O)N3C(OC(=O)O)=C(C(CS(=O)(=O)O)Sc4nn[nH]n4)CS[C@@H]23)ns1. The van der Waals surface area contributed by atoms with Gasteiger partial charge in [0.2, 0.25) is 27.7 Å². The number of anilines is 1. The Bertz CT molecular complexity index is 1430. The highest BCUT2D eigenvalue weighted by Gasteiger charge is 2.55. The van der Waals surface area contributed by atoms with Crippen molar-refractivity contribution in [2.45, 2.75) is 21.8 Å². The van der Waals surface area contributed by atoms with Gasteiger partial charge in [-0.05, 0) is 5.21 Å². The maximum absolute atomic E-state index is 13.1. The fourth-order valence-electron chi connectivity index (χ4n) is 3.44. The number of hydrogen-bond donors (Lipinski definition) is 5. The number of hydrogen-bond acceptors (Lipinski definition) is 17. The molecule has 23 heteroatoms. The summed E-state index contributed by atoms with van der Waals surface area (Å²) in [5.41, 5.74) is -0.234. The number of carboxylic acid groups (broad SMARTS) is 1. The molecule has 19 nitrogen and oxygen atoms in total. The first kappa shape index (κ1) is 28.5. The molecule has 2 amide bonds. The summed E-state index contributed by atoms with van der Waals surface area (Å²) in [7, 11) is -1.76. The fraction of sp³-hybridized carbons (Fsp3) is 0.438. The zero-order chi connectivity index (χ0) is 28.3. The second-order valence-electron chi connectivity index (χ2n) is 7.40. The number of carbonyl (C=O) groups excluding carboxylic acids is 2. The van der Waals surface area contributed by atoms with Gasteiger partial charge in [0, 0.05) is 29.9 Å². The molecule has 0 spiro atoms. The van der Waals surface area contributed by atoms with Crippen LogP contribution in [0.1, 0.15) is 5.82 Å². The Kier molecular flexibility index (Phi) is 8.53. The van der Waals surface area contributed by atoms with Crippen molar-refractivity contribution in [3.63, 3.8) is 0 Å². The number of aromatic amines is 1. The number of fused-ring (bicyclic) bond motifs is 1. The number of ether oxygens (including phenoxy) is 1. The van der Waals surface area contributed by atoms with Crippen LogP contribution in [0.2, 0.25) is 0 Å². The Morgan fingerprint density at radius 3 is 2.77 bits per heavy atom. The van der Waals surface area contributed by atoms with E-state index in [-0.39, 0.29) is 28.0 Å². The van der Waals surface area contributed by atoms with Gasteiger partial charge >= 0.3 is 6.16 Å². The molecule has 2 aliphatic heterocycles. The zero-order valence-corrected chi connectivity index (χ0v) is 22.9. The van der Waals surface area contributed by atoms with Crippen molar-refractivity contribution in [2.75, 3.05) is 31.0 Å². The predicted octanol–water partition coefficient (Wildman–Crippen LogP) is -1.20. The van der Waals surface area contributed by atoms with Crippen molar-refractivity contribution >= 4 is 74.0 Å². The van der Waals surface area contributed by atoms with E-state index in [1.165, 1.54) is 7.11 Å². The van der Waals surface area contributed by atoms with E-state index in [4.69, 9.17) is 9.57 Å². The first-order chi connectivity index (χ1) is 18.5. The third-order valence-corrected chi connectivity index (χ3v) is 9.11. The molecule has 0 radical (unpaired) electrons. The number of amides is 2. The van der Waals surface area contributed by atoms with Crippen LogP contribution >= 0.6 is 35.1 Å². The molecule has 0 aliphatic carbocycles. The Morgan fingerprint density at radius 2 is 2.18 bits per heavy atom. The second-order valence-corrected chi connectivity index (χ2v) is 11.9. The average molecular weight is 623 g/mol. The number of carbonyl (C=O) groups is 3. The number of β-lactam (4-membered cyclic amide) rings is 1. The maximum Gasteiger partial charge on any atom is 0.512 e. The summed E-state index contributed by atoms with van der Waals surface area (Å²) in [6.45, 7) is 0. The molecule has 1 unspecified atom stereocenters. The van der Waals surface area contributed by atoms with E-state index in [2.05, 4.69) is 45.8 Å². The van der Waals surface area contributed by atoms with Gasteiger partial charge in [-0.3, -0.25) is 19.0 Å². The minimum atomic E-state index is -4.58. The number of oxime groups is 1. The monoisotopic (exact) mass is 622 g/mol. The summed E-state index contributed by atoms with van der Waals surface area (Å²) in [5, 5.41) is 29.7. The van der Waals surface area contributed by atoms with E-state index < -0.39 is 56.4 Å². The highest BCUT2D eigenvalue weighted by atomic mass is 32.2. The Morgan fingerprint density at radius 1 is 1.41 bits per heavy atom. The molecule has 4 heterocycles. The van der Waals surface area contributed by atoms with Crippen LogP contribution in [-0.4, -0.2) is 119 Å². The number of H-pyrrole nitrogens is 1. The van der Waals surface area contributed by atoms with E-state index in [1.54, 1.807) is 7.05 Å². The smallest absolute Gasteiger partial charge is 0.449 e. The molecular formula is C16H18N10O9S4. The minimum absolute atomic E-state index is 0.0000590. The van der Waals surface area contributed by atoms with Gasteiger partial charge in [-0.2, -0.15) is 23.0 Å². The molecule has 2 aromatic heterocycles. The van der Waals surface area contributed by atoms with E-state index in [0.29, 0.717) is 5.13 Å². The van der Waals surface area contributed by atoms with Crippen molar-refractivity contribution in [3.8, 4) is 0 Å². The van der Waals surface area contributed by atoms with Crippen LogP contribution in [0.3, 0.4) is 0 Å². The van der Waals surface area contributed by atoms with Gasteiger partial charge in [0.05, 0.1) is 11.0 Å². The Hall–Kier alpha value is -3.54. The molecule has 2 aromatic rings. The van der Waals surface area contributed by atoms with Gasteiger partial charge in [0.15, 0.2) is 0 Å². The first-order valence-electron chi connectivity index (χ1n) is 10.4. The molecule has 2 aliphatic rings. The van der Waals surface area contributed by atoms with Crippen LogP contribution in [0.15, 0.2) is 21.8 Å². The van der Waals surface area contributed by atoms with Crippen molar-refractivity contribution in [1.29, 1.82) is 0 Å². The Labute approximate surface area is 231 Å². The zero-order valence-electron chi connectivity index (χ0n) is 19.7. The van der Waals surface area contributed by atoms with Gasteiger partial charge < -0.3 is 25.3 Å². The summed E-state index contributed by atoms with van der Waals surface area (Å²) in [4.78, 5) is 47.4. The molecule has 1 fully saturated rings. The molecule has 3 atom stereocenters. The summed E-state index contributed by atoms with van der Waals surface area (Å²) in [5.74, 6) is -2.98. The fourth-order valence-corrected chi connectivity index (χ4v) is 7.60. The van der Waals surface area contributed by atoms with Crippen LogP contribution < -0.4 is 10.6 Å². The molecule has 210 valence electrons. The van der Waals surface area contributed by atoms with E-state index >= 15 is 0 Å². The van der Waals surface area contributed by atoms with Gasteiger partial charge in [0.1, 0.15) is 18.5 Å². The number of thioether (sulfide) groups is 2. The number of nitrogens with one attached hydrogen (secondary N) is 3. The molecule has 39 heavy (non-hydrogen) atoms. The molecule has 4 rings (SSSR count). The summed E-state index contributed by atoms with van der Waals surface area (Å²) in [6, 6.07) is -1.13. The average Bonchev–Trinajstić information content (AvgIpc) is 3.56. The maximum atomic E-state index is 13.1. The lowest BCUT2D eigenvalue weighted by Gasteiger charge is -2.49. The van der Waals surface area contributed by atoms with Crippen LogP contribution in [0.4, 0.5) is 9.93 Å². The third-order valence-electron chi connectivity index (χ3n) is 4.99. The lowest BCUT2D eigenvalue weighted by atomic mass is 10.0. The molecule has 1 saturated heterocycles. The first-order valence-corrected chi connectivity index (χ1v) is 14.7. The van der Waals surface area contributed by atoms with Crippen molar-refractivity contribution in [2.24, 2.45) is 5.16 Å². The molecule has 0 saturated carbocycles. The Balaban J connectivity index is 1.60. The quantitative estimate of drug-likeness (QED) is 0.0492. The van der Waals surface area contributed by atoms with Crippen LogP contribution in [0, 0.1) is 0 Å². The number of aromatic nitrogens is 6. The number of nitrogens with zero attached hydrogens (tertiary/aromatic N) is 7. The standard InChI is InChI=1S/C16H18N10O9S4/c1-17-14-19-9(23-38-14)7(22-34-2)10(27)18-8-11(28)26-12(35-16(29)30)5(3-36-13(8)26)6(4-39(31,32)33)37-15-20-24-25-21-15/h6,8,13H,3-4H2,1-2H3,(H,18,27)(H,29,30)(H,17,19,23)(H,31,32,33)(H,20,21,24,25)/b22-7-/t6?,8-,13+/m1/s1. The minimum Gasteiger partial charge on any atom is -0.449 e. The normalized spacial score (nSPS) is 20.1. The van der Waals surface area contributed by atoms with Crippen LogP contribution in [-0.2, 0) is 29.3 Å². The number of rotatable bonds is 11. The predicted molar refractivity (Wildman–Crippen MR) is 134 cm³/mol. The van der Waals surface area contributed by atoms with Crippen LogP contribution in [0.25, 0.3) is 0 Å². The second kappa shape index (κ2) is 11.7. The van der Waals surface area contributed by atoms with E-state index in [9.17, 15) is 32.5 Å². The lowest BCUT2D eigenvalue weighted by molar-refractivity contribution is -0.148. The summed E-state index contributed by atoms with van der Waals surface area (Å²) < 4.78 is 41.9. The van der Waals surface area contributed by atoms with E-state index in [0.717, 1.165) is 40.0 Å². The highest BCUT2D eigenvalue weighted by Crippen LogP contribution is 2.44. The van der Waals surface area contributed by atoms with Gasteiger partial charge in [-0.25, -0.2) is 4.79 Å². The van der Waals surface area contributed by atoms with E-state index in [1.807, 2.05) is 0 Å². The highest BCUT2D eigenvalue weighted by molar-refractivity contribution is 8.01. The third kappa shape index (κ3) is 6.38. The van der Waals surface area contributed by atoms with Gasteiger partial charge in [-0.15, -0.1) is 22.0 Å². The molecular weight excluding hydrogens is 605 g/mol. The van der Waals surface area contributed by atoms with Crippen molar-refractivity contribution < 1.29 is 42.0 Å². The van der Waals surface area contributed by atoms with Crippen LogP contribution in [0.5, 0.6) is 0 Å². The number of tetrazole rings is 1. The van der Waals surface area contributed by atoms with Crippen molar-refractivity contribution in [3.05, 3.63) is 17.3 Å². The lowest BCUT2D eigenvalue weighted by Crippen LogP contribution is -2.71. The molecule has 0 aromatic carbocycles. The van der Waals surface area contributed by atoms with Crippen molar-refractivity contribution in [1.82, 2.24) is 40.2 Å². The molecule has 5 N–H and O–H groups in total. The largest absolute Gasteiger partial charge is 0.512 e.